The summed E-state index contributed by atoms with van der Waals surface area (Å²) >= 11 is 1.85. The van der Waals surface area contributed by atoms with E-state index >= 15 is 0 Å². The third kappa shape index (κ3) is 5.95. The summed E-state index contributed by atoms with van der Waals surface area (Å²) in [5.74, 6) is 0.127. The summed E-state index contributed by atoms with van der Waals surface area (Å²) in [6, 6.07) is 10.4. The molecule has 0 spiro atoms. The maximum Gasteiger partial charge on any atom is 0.241 e. The predicted octanol–water partition coefficient (Wildman–Crippen LogP) is 2.45. The molecule has 1 aromatic rings. The number of benzene rings is 1. The lowest BCUT2D eigenvalue weighted by Gasteiger charge is -2.31. The first-order chi connectivity index (χ1) is 13.7. The van der Waals surface area contributed by atoms with Crippen LogP contribution in [-0.4, -0.2) is 80.0 Å². The van der Waals surface area contributed by atoms with E-state index in [1.165, 1.54) is 4.90 Å². The Bertz CT molecular complexity index is 687. The molecule has 2 aliphatic rings. The van der Waals surface area contributed by atoms with Gasteiger partial charge in [-0.25, -0.2) is 0 Å². The van der Waals surface area contributed by atoms with E-state index in [2.05, 4.69) is 28.9 Å². The number of nitriles is 1. The highest BCUT2D eigenvalue weighted by atomic mass is 32.2. The van der Waals surface area contributed by atoms with Gasteiger partial charge >= 0.3 is 0 Å². The molecule has 0 aromatic heterocycles. The third-order valence-electron chi connectivity index (χ3n) is 5.28. The molecule has 0 bridgehead atoms. The Morgan fingerprint density at radius 3 is 2.86 bits per heavy atom. The molecule has 2 heterocycles. The van der Waals surface area contributed by atoms with E-state index in [4.69, 9.17) is 10.00 Å². The number of fused-ring (bicyclic) bond motifs is 1. The number of carbonyl (C=O) groups excluding carboxylic acids is 1. The van der Waals surface area contributed by atoms with E-state index in [9.17, 15) is 4.79 Å². The summed E-state index contributed by atoms with van der Waals surface area (Å²) in [6.45, 7) is 9.10. The van der Waals surface area contributed by atoms with Gasteiger partial charge in [0.15, 0.2) is 0 Å². The molecular formula is C21H30N4O2S. The van der Waals surface area contributed by atoms with Gasteiger partial charge in [-0.1, -0.05) is 19.1 Å². The molecule has 1 unspecified atom stereocenters. The zero-order valence-electron chi connectivity index (χ0n) is 16.7. The van der Waals surface area contributed by atoms with Gasteiger partial charge < -0.3 is 9.64 Å². The van der Waals surface area contributed by atoms with Crippen molar-refractivity contribution < 1.29 is 9.53 Å². The van der Waals surface area contributed by atoms with Gasteiger partial charge in [0.2, 0.25) is 5.91 Å². The monoisotopic (exact) mass is 402 g/mol. The van der Waals surface area contributed by atoms with Gasteiger partial charge in [0, 0.05) is 55.8 Å². The molecule has 0 aliphatic carbocycles. The van der Waals surface area contributed by atoms with Crippen LogP contribution < -0.4 is 4.90 Å². The molecule has 7 heteroatoms. The Balaban J connectivity index is 1.64. The molecule has 1 saturated heterocycles. The van der Waals surface area contributed by atoms with Crippen LogP contribution in [-0.2, 0) is 9.53 Å². The van der Waals surface area contributed by atoms with Crippen LogP contribution in [0, 0.1) is 11.3 Å². The van der Waals surface area contributed by atoms with Crippen LogP contribution in [0.25, 0.3) is 0 Å². The van der Waals surface area contributed by atoms with Crippen LogP contribution in [0.3, 0.4) is 0 Å². The minimum Gasteiger partial charge on any atom is -0.379 e. The summed E-state index contributed by atoms with van der Waals surface area (Å²) in [5, 5.41) is 9.51. The normalized spacial score (nSPS) is 20.5. The van der Waals surface area contributed by atoms with Gasteiger partial charge in [-0.3, -0.25) is 14.6 Å². The number of nitrogens with zero attached hydrogens (tertiary/aromatic N) is 4. The number of rotatable bonds is 7. The van der Waals surface area contributed by atoms with Crippen molar-refractivity contribution in [2.45, 2.75) is 29.9 Å². The van der Waals surface area contributed by atoms with Crippen molar-refractivity contribution in [3.05, 3.63) is 24.3 Å². The number of carbonyl (C=O) groups is 1. The van der Waals surface area contributed by atoms with Crippen LogP contribution in [0.15, 0.2) is 29.2 Å². The maximum absolute atomic E-state index is 13.2. The van der Waals surface area contributed by atoms with Crippen LogP contribution in [0.5, 0.6) is 0 Å². The van der Waals surface area contributed by atoms with E-state index in [-0.39, 0.29) is 5.91 Å². The van der Waals surface area contributed by atoms with E-state index in [0.717, 1.165) is 58.0 Å². The number of hydrogen-bond donors (Lipinski definition) is 0. The zero-order valence-corrected chi connectivity index (χ0v) is 17.5. The molecular weight excluding hydrogens is 372 g/mol. The van der Waals surface area contributed by atoms with Crippen molar-refractivity contribution >= 4 is 23.4 Å². The second-order valence-corrected chi connectivity index (χ2v) is 8.85. The maximum atomic E-state index is 13.2. The largest absolute Gasteiger partial charge is 0.379 e. The van der Waals surface area contributed by atoms with Crippen molar-refractivity contribution in [2.75, 3.05) is 63.9 Å². The standard InChI is InChI=1S/C21H30N4O2S/c1-18-7-10-25(19-5-2-3-6-20(19)28-18)21(26)17-24(9-4-8-22)12-11-23-13-15-27-16-14-23/h2-3,5-6,18H,4,7,9-17H2,1H3. The zero-order chi connectivity index (χ0) is 19.8. The highest BCUT2D eigenvalue weighted by molar-refractivity contribution is 8.00. The molecule has 1 fully saturated rings. The highest BCUT2D eigenvalue weighted by Crippen LogP contribution is 2.37. The fraction of sp³-hybridized carbons (Fsp3) is 0.619. The summed E-state index contributed by atoms with van der Waals surface area (Å²) in [4.78, 5) is 20.8. The fourth-order valence-corrected chi connectivity index (χ4v) is 4.72. The van der Waals surface area contributed by atoms with Crippen molar-refractivity contribution in [3.8, 4) is 6.07 Å². The second kappa shape index (κ2) is 10.8. The Hall–Kier alpha value is -1.59. The quantitative estimate of drug-likeness (QED) is 0.698. The number of amides is 1. The van der Waals surface area contributed by atoms with Crippen molar-refractivity contribution in [1.82, 2.24) is 9.80 Å². The smallest absolute Gasteiger partial charge is 0.241 e. The van der Waals surface area contributed by atoms with E-state index in [0.29, 0.717) is 24.8 Å². The fourth-order valence-electron chi connectivity index (χ4n) is 3.61. The molecule has 6 nitrogen and oxygen atoms in total. The predicted molar refractivity (Wildman–Crippen MR) is 113 cm³/mol. The van der Waals surface area contributed by atoms with Gasteiger partial charge in [-0.15, -0.1) is 11.8 Å². The van der Waals surface area contributed by atoms with Crippen LogP contribution in [0.1, 0.15) is 19.8 Å². The molecule has 28 heavy (non-hydrogen) atoms. The summed E-state index contributed by atoms with van der Waals surface area (Å²) in [7, 11) is 0. The summed E-state index contributed by atoms with van der Waals surface area (Å²) in [5.41, 5.74) is 1.02. The van der Waals surface area contributed by atoms with Crippen molar-refractivity contribution in [2.24, 2.45) is 0 Å². The van der Waals surface area contributed by atoms with Gasteiger partial charge in [-0.05, 0) is 18.6 Å². The topological polar surface area (TPSA) is 59.8 Å². The highest BCUT2D eigenvalue weighted by Gasteiger charge is 2.25. The second-order valence-electron chi connectivity index (χ2n) is 7.37. The van der Waals surface area contributed by atoms with Gasteiger partial charge in [0.1, 0.15) is 0 Å². The number of morpholine rings is 1. The number of hydrogen-bond acceptors (Lipinski definition) is 6. The molecule has 2 aliphatic heterocycles. The van der Waals surface area contributed by atoms with Crippen LogP contribution in [0.2, 0.25) is 0 Å². The summed E-state index contributed by atoms with van der Waals surface area (Å²) < 4.78 is 5.41. The third-order valence-corrected chi connectivity index (χ3v) is 6.52. The van der Waals surface area contributed by atoms with Gasteiger partial charge in [0.05, 0.1) is 31.5 Å². The van der Waals surface area contributed by atoms with Crippen molar-refractivity contribution in [1.29, 1.82) is 5.26 Å². The lowest BCUT2D eigenvalue weighted by molar-refractivity contribution is -0.119. The first-order valence-corrected chi connectivity index (χ1v) is 11.0. The first kappa shape index (κ1) is 21.1. The van der Waals surface area contributed by atoms with E-state index in [1.54, 1.807) is 0 Å². The minimum atomic E-state index is 0.127. The Morgan fingerprint density at radius 2 is 2.07 bits per heavy atom. The lowest BCUT2D eigenvalue weighted by atomic mass is 10.2. The number of ether oxygens (including phenoxy) is 1. The molecule has 1 atom stereocenters. The Labute approximate surface area is 172 Å². The Kier molecular flexibility index (Phi) is 8.16. The molecule has 1 aromatic carbocycles. The lowest BCUT2D eigenvalue weighted by Crippen LogP contribution is -2.45. The minimum absolute atomic E-state index is 0.127. The first-order valence-electron chi connectivity index (χ1n) is 10.1. The SMILES string of the molecule is CC1CCN(C(=O)CN(CCC#N)CCN2CCOCC2)c2ccccc2S1. The summed E-state index contributed by atoms with van der Waals surface area (Å²) in [6.07, 6.45) is 1.43. The van der Waals surface area contributed by atoms with Gasteiger partial charge in [0.25, 0.3) is 0 Å². The van der Waals surface area contributed by atoms with E-state index in [1.807, 2.05) is 34.9 Å². The average Bonchev–Trinajstić information content (AvgIpc) is 2.89. The molecule has 1 amide bonds. The molecule has 152 valence electrons. The average molecular weight is 403 g/mol. The molecule has 0 saturated carbocycles. The Morgan fingerprint density at radius 1 is 1.29 bits per heavy atom. The van der Waals surface area contributed by atoms with Crippen LogP contribution in [0.4, 0.5) is 5.69 Å². The molecule has 0 N–H and O–H groups in total. The van der Waals surface area contributed by atoms with E-state index < -0.39 is 0 Å². The van der Waals surface area contributed by atoms with Crippen LogP contribution >= 0.6 is 11.8 Å². The number of thioether (sulfide) groups is 1. The number of para-hydroxylation sites is 1. The molecule has 0 radical (unpaired) electrons. The van der Waals surface area contributed by atoms with Gasteiger partial charge in [-0.2, -0.15) is 5.26 Å². The van der Waals surface area contributed by atoms with Crippen molar-refractivity contribution in [3.63, 3.8) is 0 Å². The number of anilines is 1. The molecule has 3 rings (SSSR count).